The summed E-state index contributed by atoms with van der Waals surface area (Å²) in [6.07, 6.45) is 1.86. The smallest absolute Gasteiger partial charge is 0.415 e. The van der Waals surface area contributed by atoms with E-state index in [-0.39, 0.29) is 42.6 Å². The Labute approximate surface area is 193 Å². The van der Waals surface area contributed by atoms with Crippen molar-refractivity contribution < 1.29 is 31.5 Å². The van der Waals surface area contributed by atoms with Crippen molar-refractivity contribution in [3.05, 3.63) is 71.6 Å². The molecule has 10 nitrogen and oxygen atoms in total. The van der Waals surface area contributed by atoms with Crippen molar-refractivity contribution in [2.75, 3.05) is 11.3 Å². The Morgan fingerprint density at radius 2 is 2.00 bits per heavy atom. The van der Waals surface area contributed by atoms with Gasteiger partial charge in [-0.15, -0.1) is 0 Å². The van der Waals surface area contributed by atoms with Crippen LogP contribution in [0, 0.1) is 11.6 Å². The van der Waals surface area contributed by atoms with E-state index in [9.17, 15) is 22.0 Å². The van der Waals surface area contributed by atoms with Gasteiger partial charge in [0.2, 0.25) is 0 Å². The van der Waals surface area contributed by atoms with Crippen molar-refractivity contribution in [1.29, 1.82) is 0 Å². The van der Waals surface area contributed by atoms with E-state index in [1.807, 2.05) is 4.72 Å². The molecule has 1 amide bonds. The van der Waals surface area contributed by atoms with Crippen LogP contribution in [0.15, 0.2) is 48.8 Å². The van der Waals surface area contributed by atoms with Crippen LogP contribution in [0.4, 0.5) is 19.4 Å². The highest BCUT2D eigenvalue weighted by Crippen LogP contribution is 2.33. The fourth-order valence-electron chi connectivity index (χ4n) is 3.17. The van der Waals surface area contributed by atoms with Gasteiger partial charge in [-0.2, -0.15) is 13.1 Å². The number of pyridine rings is 2. The molecule has 34 heavy (non-hydrogen) atoms. The number of ether oxygens (including phenoxy) is 2. The van der Waals surface area contributed by atoms with Crippen LogP contribution in [0.3, 0.4) is 0 Å². The molecule has 1 aromatic carbocycles. The first-order valence-electron chi connectivity index (χ1n) is 10.0. The van der Waals surface area contributed by atoms with E-state index in [1.54, 1.807) is 19.1 Å². The Morgan fingerprint density at radius 3 is 2.76 bits per heavy atom. The van der Waals surface area contributed by atoms with Crippen molar-refractivity contribution in [3.8, 4) is 17.4 Å². The van der Waals surface area contributed by atoms with Crippen LogP contribution in [0.1, 0.15) is 18.1 Å². The molecule has 0 aliphatic carbocycles. The van der Waals surface area contributed by atoms with E-state index in [2.05, 4.69) is 14.7 Å². The normalized spacial score (nSPS) is 13.3. The van der Waals surface area contributed by atoms with Crippen molar-refractivity contribution in [3.63, 3.8) is 0 Å². The number of fused-ring (bicyclic) bond motifs is 1. The predicted molar refractivity (Wildman–Crippen MR) is 116 cm³/mol. The monoisotopic (exact) mass is 491 g/mol. The molecule has 0 saturated heterocycles. The van der Waals surface area contributed by atoms with E-state index < -0.39 is 33.8 Å². The Balaban J connectivity index is 1.50. The first kappa shape index (κ1) is 23.3. The lowest BCUT2D eigenvalue weighted by atomic mass is 10.1. The van der Waals surface area contributed by atoms with Gasteiger partial charge in [-0.25, -0.2) is 23.5 Å². The first-order valence-corrected chi connectivity index (χ1v) is 11.5. The number of halogens is 2. The number of benzene rings is 1. The predicted octanol–water partition coefficient (Wildman–Crippen LogP) is 3.33. The number of anilines is 1. The molecule has 0 bridgehead atoms. The Bertz CT molecular complexity index is 1340. The summed E-state index contributed by atoms with van der Waals surface area (Å²) in [4.78, 5) is 21.3. The lowest BCUT2D eigenvalue weighted by Gasteiger charge is -2.28. The highest BCUT2D eigenvalue weighted by atomic mass is 32.2. The summed E-state index contributed by atoms with van der Waals surface area (Å²) < 4.78 is 67.3. The van der Waals surface area contributed by atoms with E-state index in [1.165, 1.54) is 41.6 Å². The second-order valence-electron chi connectivity index (χ2n) is 7.12. The van der Waals surface area contributed by atoms with E-state index in [0.29, 0.717) is 5.56 Å². The number of nitrogens with one attached hydrogen (secondary N) is 2. The van der Waals surface area contributed by atoms with Crippen molar-refractivity contribution in [2.24, 2.45) is 0 Å². The Kier molecular flexibility index (Phi) is 6.56. The number of hydrogen-bond donors (Lipinski definition) is 2. The van der Waals surface area contributed by atoms with Gasteiger partial charge in [-0.1, -0.05) is 6.92 Å². The summed E-state index contributed by atoms with van der Waals surface area (Å²) in [5, 5.41) is 0. The molecule has 0 spiro atoms. The summed E-state index contributed by atoms with van der Waals surface area (Å²) in [6.45, 7) is 1.58. The molecule has 0 fully saturated rings. The summed E-state index contributed by atoms with van der Waals surface area (Å²) in [5.41, 5.74) is 0.645. The second-order valence-corrected chi connectivity index (χ2v) is 8.62. The van der Waals surface area contributed by atoms with Crippen LogP contribution < -0.4 is 18.9 Å². The topological polar surface area (TPSA) is 123 Å². The van der Waals surface area contributed by atoms with Crippen LogP contribution >= 0.6 is 0 Å². The van der Waals surface area contributed by atoms with Gasteiger partial charge in [-0.05, 0) is 30.3 Å². The van der Waals surface area contributed by atoms with Gasteiger partial charge in [0.15, 0.2) is 17.5 Å². The number of carbonyl (C=O) groups excluding carboxylic acids is 1. The molecule has 1 aliphatic heterocycles. The van der Waals surface area contributed by atoms with Gasteiger partial charge in [0.1, 0.15) is 11.5 Å². The maximum atomic E-state index is 14.9. The molecule has 4 rings (SSSR count). The lowest BCUT2D eigenvalue weighted by Crippen LogP contribution is -2.36. The van der Waals surface area contributed by atoms with Crippen molar-refractivity contribution in [1.82, 2.24) is 19.6 Å². The highest BCUT2D eigenvalue weighted by molar-refractivity contribution is 7.90. The van der Waals surface area contributed by atoms with Crippen molar-refractivity contribution in [2.45, 2.75) is 20.0 Å². The standard InChI is InChI=1S/C21H19F2N5O5S/c1-2-26-34(30,31)27-19-18(23)14(7-9-24-19)12-28-11-13-5-6-15(10-17(13)33-21(28)29)32-20-16(22)4-3-8-25-20/h3-10,26H,2,11-12H2,1H3,(H,24,27). The van der Waals surface area contributed by atoms with Crippen LogP contribution in [0.2, 0.25) is 0 Å². The zero-order valence-electron chi connectivity index (χ0n) is 17.8. The molecule has 0 unspecified atom stereocenters. The van der Waals surface area contributed by atoms with Crippen LogP contribution in [0.25, 0.3) is 0 Å². The number of aromatic nitrogens is 2. The molecule has 0 saturated carbocycles. The Morgan fingerprint density at radius 1 is 1.18 bits per heavy atom. The third kappa shape index (κ3) is 5.21. The molecule has 0 atom stereocenters. The molecule has 178 valence electrons. The molecule has 0 radical (unpaired) electrons. The molecule has 3 heterocycles. The third-order valence-corrected chi connectivity index (χ3v) is 5.82. The average molecular weight is 491 g/mol. The minimum atomic E-state index is -3.98. The number of carbonyl (C=O) groups is 1. The maximum Gasteiger partial charge on any atom is 0.415 e. The largest absolute Gasteiger partial charge is 0.436 e. The summed E-state index contributed by atoms with van der Waals surface area (Å²) in [7, 11) is -3.98. The Hall–Kier alpha value is -3.84. The quantitative estimate of drug-likeness (QED) is 0.496. The minimum absolute atomic E-state index is 0.0372. The maximum absolute atomic E-state index is 14.9. The molecule has 2 aromatic heterocycles. The second kappa shape index (κ2) is 9.57. The number of amides is 1. The fraction of sp³-hybridized carbons (Fsp3) is 0.190. The number of nitrogens with zero attached hydrogens (tertiary/aromatic N) is 3. The lowest BCUT2D eigenvalue weighted by molar-refractivity contribution is 0.134. The van der Waals surface area contributed by atoms with E-state index in [4.69, 9.17) is 9.47 Å². The third-order valence-electron chi connectivity index (χ3n) is 4.69. The van der Waals surface area contributed by atoms with E-state index in [0.717, 1.165) is 0 Å². The molecule has 13 heteroatoms. The zero-order chi connectivity index (χ0) is 24.3. The molecular weight excluding hydrogens is 472 g/mol. The van der Waals surface area contributed by atoms with Gasteiger partial charge < -0.3 is 9.47 Å². The molecular formula is C21H19F2N5O5S. The van der Waals surface area contributed by atoms with Crippen LogP contribution in [-0.2, 0) is 23.3 Å². The molecule has 2 N–H and O–H groups in total. The SMILES string of the molecule is CCNS(=O)(=O)Nc1nccc(CN2Cc3ccc(Oc4ncccc4F)cc3OC2=O)c1F. The average Bonchev–Trinajstić information content (AvgIpc) is 2.78. The zero-order valence-corrected chi connectivity index (χ0v) is 18.6. The number of rotatable bonds is 8. The van der Waals surface area contributed by atoms with Crippen LogP contribution in [0.5, 0.6) is 17.4 Å². The summed E-state index contributed by atoms with van der Waals surface area (Å²) >= 11 is 0. The van der Waals surface area contributed by atoms with Gasteiger partial charge in [-0.3, -0.25) is 9.62 Å². The van der Waals surface area contributed by atoms with Gasteiger partial charge in [0.25, 0.3) is 16.1 Å². The van der Waals surface area contributed by atoms with Gasteiger partial charge >= 0.3 is 6.09 Å². The highest BCUT2D eigenvalue weighted by Gasteiger charge is 2.27. The summed E-state index contributed by atoms with van der Waals surface area (Å²) in [5.74, 6) is -1.84. The van der Waals surface area contributed by atoms with Crippen molar-refractivity contribution >= 4 is 22.1 Å². The first-order chi connectivity index (χ1) is 16.3. The fourth-order valence-corrected chi connectivity index (χ4v) is 4.02. The molecule has 1 aliphatic rings. The number of hydrogen-bond acceptors (Lipinski definition) is 7. The minimum Gasteiger partial charge on any atom is -0.436 e. The summed E-state index contributed by atoms with van der Waals surface area (Å²) in [6, 6.07) is 8.58. The molecule has 3 aromatic rings. The van der Waals surface area contributed by atoms with E-state index >= 15 is 0 Å². The van der Waals surface area contributed by atoms with Gasteiger partial charge in [0, 0.05) is 36.1 Å². The van der Waals surface area contributed by atoms with Crippen LogP contribution in [-0.4, -0.2) is 35.9 Å². The van der Waals surface area contributed by atoms with Gasteiger partial charge in [0.05, 0.1) is 13.1 Å².